The zero-order valence-corrected chi connectivity index (χ0v) is 12.3. The first-order valence-corrected chi connectivity index (χ1v) is 7.37. The molecular weight excluding hydrogens is 262 g/mol. The Kier molecular flexibility index (Phi) is 4.99. The first kappa shape index (κ1) is 14.5. The Hall–Kier alpha value is -0.880. The van der Waals surface area contributed by atoms with Crippen molar-refractivity contribution in [3.63, 3.8) is 0 Å². The van der Waals surface area contributed by atoms with Crippen LogP contribution in [-0.4, -0.2) is 31.1 Å². The third kappa shape index (κ3) is 3.79. The molecule has 0 spiro atoms. The van der Waals surface area contributed by atoms with E-state index in [1.54, 1.807) is 0 Å². The van der Waals surface area contributed by atoms with E-state index < -0.39 is 5.79 Å². The summed E-state index contributed by atoms with van der Waals surface area (Å²) in [7, 11) is 0. The smallest absolute Gasteiger partial charge is 0.209 e. The number of nitrogens with zero attached hydrogens (tertiary/aromatic N) is 1. The van der Waals surface area contributed by atoms with Crippen LogP contribution in [-0.2, 0) is 19.4 Å². The highest BCUT2D eigenvalue weighted by Gasteiger charge is 2.34. The molecule has 0 radical (unpaired) electrons. The lowest BCUT2D eigenvalue weighted by Crippen LogP contribution is -2.24. The Morgan fingerprint density at radius 1 is 1.47 bits per heavy atom. The minimum Gasteiger partial charge on any atom is -0.342 e. The summed E-state index contributed by atoms with van der Waals surface area (Å²) in [4.78, 5) is 4.59. The fourth-order valence-corrected chi connectivity index (χ4v) is 2.20. The molecule has 0 amide bonds. The van der Waals surface area contributed by atoms with Crippen molar-refractivity contribution < 1.29 is 13.7 Å². The summed E-state index contributed by atoms with van der Waals surface area (Å²) >= 11 is 1.36. The summed E-state index contributed by atoms with van der Waals surface area (Å²) in [5.74, 6) is -0.715. The van der Waals surface area contributed by atoms with Crippen molar-refractivity contribution >= 4 is 18.1 Å². The van der Waals surface area contributed by atoms with Crippen molar-refractivity contribution in [3.8, 4) is 0 Å². The van der Waals surface area contributed by atoms with Gasteiger partial charge in [0.05, 0.1) is 31.2 Å². The lowest BCUT2D eigenvalue weighted by atomic mass is 10.1. The van der Waals surface area contributed by atoms with Gasteiger partial charge in [-0.05, 0) is 49.7 Å². The van der Waals surface area contributed by atoms with Gasteiger partial charge in [0.1, 0.15) is 0 Å². The highest BCUT2D eigenvalue weighted by Crippen LogP contribution is 2.29. The van der Waals surface area contributed by atoms with E-state index in [4.69, 9.17) is 13.7 Å². The highest BCUT2D eigenvalue weighted by molar-refractivity contribution is 7.93. The molecule has 0 atom stereocenters. The van der Waals surface area contributed by atoms with E-state index in [2.05, 4.69) is 4.98 Å². The monoisotopic (exact) mass is 281 g/mol. The van der Waals surface area contributed by atoms with Crippen LogP contribution in [0.25, 0.3) is 6.08 Å². The maximum Gasteiger partial charge on any atom is 0.209 e. The molecule has 1 saturated heterocycles. The molecule has 1 aromatic heterocycles. The number of hydrogen-bond donors (Lipinski definition) is 0. The topological polar surface area (TPSA) is 40.6 Å². The van der Waals surface area contributed by atoms with Gasteiger partial charge in [-0.25, -0.2) is 4.98 Å². The Morgan fingerprint density at radius 2 is 2.21 bits per heavy atom. The zero-order valence-electron chi connectivity index (χ0n) is 11.5. The fourth-order valence-electron chi connectivity index (χ4n) is 1.89. The Bertz CT molecular complexity index is 456. The summed E-state index contributed by atoms with van der Waals surface area (Å²) in [5.41, 5.74) is 2.81. The van der Waals surface area contributed by atoms with Crippen LogP contribution in [0.15, 0.2) is 23.8 Å². The number of rotatable bonds is 5. The summed E-state index contributed by atoms with van der Waals surface area (Å²) in [6.07, 6.45) is 3.92. The Labute approximate surface area is 118 Å². The van der Waals surface area contributed by atoms with Gasteiger partial charge in [-0.15, -0.1) is 0 Å². The Morgan fingerprint density at radius 3 is 2.89 bits per heavy atom. The molecule has 19 heavy (non-hydrogen) atoms. The molecule has 4 nitrogen and oxygen atoms in total. The first-order valence-electron chi connectivity index (χ1n) is 6.22. The predicted molar refractivity (Wildman–Crippen MR) is 76.6 cm³/mol. The van der Waals surface area contributed by atoms with Crippen molar-refractivity contribution in [3.05, 3.63) is 35.2 Å². The molecule has 1 fully saturated rings. The van der Waals surface area contributed by atoms with Gasteiger partial charge in [-0.2, -0.15) is 0 Å². The van der Waals surface area contributed by atoms with Crippen LogP contribution in [0.1, 0.15) is 25.2 Å². The van der Waals surface area contributed by atoms with Crippen molar-refractivity contribution in [2.24, 2.45) is 0 Å². The van der Waals surface area contributed by atoms with Crippen molar-refractivity contribution in [1.29, 1.82) is 0 Å². The minimum atomic E-state index is -0.715. The van der Waals surface area contributed by atoms with Gasteiger partial charge in [0.25, 0.3) is 0 Å². The summed E-state index contributed by atoms with van der Waals surface area (Å²) < 4.78 is 16.5. The van der Waals surface area contributed by atoms with E-state index in [0.29, 0.717) is 19.8 Å². The average Bonchev–Trinajstić information content (AvgIpc) is 2.85. The quantitative estimate of drug-likeness (QED) is 0.776. The molecule has 0 unspecified atom stereocenters. The molecule has 1 aliphatic rings. The van der Waals surface area contributed by atoms with E-state index >= 15 is 0 Å². The normalized spacial score (nSPS) is 18.8. The largest absolute Gasteiger partial charge is 0.342 e. The molecule has 1 aliphatic heterocycles. The third-order valence-electron chi connectivity index (χ3n) is 2.87. The van der Waals surface area contributed by atoms with Crippen molar-refractivity contribution in [2.75, 3.05) is 26.1 Å². The number of ether oxygens (including phenoxy) is 2. The molecule has 104 valence electrons. The molecule has 1 aromatic rings. The molecular formula is C14H19NO3S. The van der Waals surface area contributed by atoms with Gasteiger partial charge in [0, 0.05) is 6.26 Å². The van der Waals surface area contributed by atoms with E-state index in [1.165, 1.54) is 12.0 Å². The second-order valence-electron chi connectivity index (χ2n) is 4.51. The molecule has 0 saturated carbocycles. The standard InChI is InChI=1S/C14H19NO3S/c1-11(10-18-19-3)9-12-5-4-6-13(15-12)14(2)16-7-8-17-14/h4-6,9H,7-8,10H2,1-3H3. The lowest BCUT2D eigenvalue weighted by Gasteiger charge is -2.21. The molecule has 5 heteroatoms. The lowest BCUT2D eigenvalue weighted by molar-refractivity contribution is -0.152. The summed E-state index contributed by atoms with van der Waals surface area (Å²) in [6, 6.07) is 5.86. The number of hydrogen-bond acceptors (Lipinski definition) is 5. The van der Waals surface area contributed by atoms with E-state index in [0.717, 1.165) is 17.0 Å². The van der Waals surface area contributed by atoms with Crippen LogP contribution in [0.3, 0.4) is 0 Å². The number of aromatic nitrogens is 1. The summed E-state index contributed by atoms with van der Waals surface area (Å²) in [5, 5.41) is 0. The first-order chi connectivity index (χ1) is 9.14. The summed E-state index contributed by atoms with van der Waals surface area (Å²) in [6.45, 7) is 5.74. The maximum atomic E-state index is 5.62. The Balaban J connectivity index is 2.15. The maximum absolute atomic E-state index is 5.62. The van der Waals surface area contributed by atoms with Crippen LogP contribution >= 0.6 is 12.0 Å². The van der Waals surface area contributed by atoms with Gasteiger partial charge < -0.3 is 13.7 Å². The van der Waals surface area contributed by atoms with Crippen molar-refractivity contribution in [2.45, 2.75) is 19.6 Å². The molecule has 0 aliphatic carbocycles. The van der Waals surface area contributed by atoms with Gasteiger partial charge in [0.2, 0.25) is 5.79 Å². The second kappa shape index (κ2) is 6.52. The minimum absolute atomic E-state index is 0.595. The van der Waals surface area contributed by atoms with Crippen LogP contribution in [0.4, 0.5) is 0 Å². The van der Waals surface area contributed by atoms with E-state index in [1.807, 2.05) is 44.4 Å². The van der Waals surface area contributed by atoms with Gasteiger partial charge in [0.15, 0.2) is 0 Å². The average molecular weight is 281 g/mol. The molecule has 2 rings (SSSR count). The van der Waals surface area contributed by atoms with E-state index in [9.17, 15) is 0 Å². The van der Waals surface area contributed by atoms with Crippen LogP contribution in [0.5, 0.6) is 0 Å². The zero-order chi connectivity index (χ0) is 13.7. The van der Waals surface area contributed by atoms with Crippen LogP contribution < -0.4 is 0 Å². The van der Waals surface area contributed by atoms with Gasteiger partial charge in [-0.1, -0.05) is 6.07 Å². The van der Waals surface area contributed by atoms with Crippen LogP contribution in [0, 0.1) is 0 Å². The van der Waals surface area contributed by atoms with Gasteiger partial charge >= 0.3 is 0 Å². The SMILES string of the molecule is CSOCC(C)=Cc1cccc(C2(C)OCCO2)n1. The molecule has 0 bridgehead atoms. The number of pyridine rings is 1. The molecule has 0 N–H and O–H groups in total. The molecule has 2 heterocycles. The highest BCUT2D eigenvalue weighted by atomic mass is 32.2. The predicted octanol–water partition coefficient (Wildman–Crippen LogP) is 3.00. The fraction of sp³-hybridized carbons (Fsp3) is 0.500. The molecule has 0 aromatic carbocycles. The van der Waals surface area contributed by atoms with Crippen LogP contribution in [0.2, 0.25) is 0 Å². The second-order valence-corrected chi connectivity index (χ2v) is 5.08. The van der Waals surface area contributed by atoms with Crippen molar-refractivity contribution in [1.82, 2.24) is 4.98 Å². The van der Waals surface area contributed by atoms with Gasteiger partial charge in [-0.3, -0.25) is 0 Å². The van der Waals surface area contributed by atoms with E-state index in [-0.39, 0.29) is 0 Å². The third-order valence-corrected chi connectivity index (χ3v) is 3.23.